The maximum atomic E-state index is 12.4. The van der Waals surface area contributed by atoms with Crippen LogP contribution in [0.2, 0.25) is 0 Å². The number of fused-ring (bicyclic) bond motifs is 5. The van der Waals surface area contributed by atoms with Crippen molar-refractivity contribution >= 4 is 11.5 Å². The molecule has 6 heterocycles. The van der Waals surface area contributed by atoms with Gasteiger partial charge in [-0.05, 0) is 32.3 Å². The van der Waals surface area contributed by atoms with Gasteiger partial charge in [-0.3, -0.25) is 4.79 Å². The summed E-state index contributed by atoms with van der Waals surface area (Å²) in [6, 6.07) is 7.68. The molecule has 0 radical (unpaired) electrons. The van der Waals surface area contributed by atoms with Gasteiger partial charge < -0.3 is 14.0 Å². The largest absolute Gasteiger partial charge is 0.355 e. The fourth-order valence-electron chi connectivity index (χ4n) is 5.35. The highest BCUT2D eigenvalue weighted by Crippen LogP contribution is 2.38. The predicted octanol–water partition coefficient (Wildman–Crippen LogP) is 2.53. The molecule has 6 rings (SSSR count). The number of pyridine rings is 1. The summed E-state index contributed by atoms with van der Waals surface area (Å²) >= 11 is 0. The topological polar surface area (TPSA) is 73.2 Å². The number of nitrogens with zero attached hydrogens (tertiary/aromatic N) is 7. The Bertz CT molecular complexity index is 1380. The summed E-state index contributed by atoms with van der Waals surface area (Å²) < 4.78 is 5.93. The van der Waals surface area contributed by atoms with E-state index < -0.39 is 0 Å². The van der Waals surface area contributed by atoms with Gasteiger partial charge in [0.1, 0.15) is 11.5 Å². The van der Waals surface area contributed by atoms with Gasteiger partial charge in [0.15, 0.2) is 11.5 Å². The number of aromatic nitrogens is 6. The molecule has 1 fully saturated rings. The van der Waals surface area contributed by atoms with Crippen LogP contribution in [-0.4, -0.2) is 41.8 Å². The zero-order valence-corrected chi connectivity index (χ0v) is 18.0. The van der Waals surface area contributed by atoms with Crippen molar-refractivity contribution in [1.82, 2.24) is 28.7 Å². The standard InChI is InChI=1S/C23H25N7O/c1-14-15(2)25-20-10-18(22-24-7-8-27(22)3)26-30(20)23(14)28-11-16-9-17(13-28)19-5-4-6-21(31)29(19)12-16/h4-8,10,16-17H,9,11-13H2,1-3H3. The number of rotatable bonds is 2. The van der Waals surface area contributed by atoms with E-state index in [1.807, 2.05) is 39.0 Å². The Kier molecular flexibility index (Phi) is 3.87. The van der Waals surface area contributed by atoms with Crippen molar-refractivity contribution in [2.45, 2.75) is 32.7 Å². The maximum absolute atomic E-state index is 12.4. The molecule has 2 bridgehead atoms. The molecule has 4 aromatic heterocycles. The van der Waals surface area contributed by atoms with Crippen LogP contribution in [0, 0.1) is 19.8 Å². The molecule has 2 aliphatic rings. The number of aryl methyl sites for hydroxylation is 2. The van der Waals surface area contributed by atoms with Gasteiger partial charge in [-0.25, -0.2) is 9.97 Å². The van der Waals surface area contributed by atoms with Crippen molar-refractivity contribution in [2.24, 2.45) is 13.0 Å². The van der Waals surface area contributed by atoms with Gasteiger partial charge in [-0.1, -0.05) is 6.07 Å². The van der Waals surface area contributed by atoms with Crippen LogP contribution in [-0.2, 0) is 13.6 Å². The van der Waals surface area contributed by atoms with Crippen molar-refractivity contribution in [3.8, 4) is 11.5 Å². The number of hydrogen-bond acceptors (Lipinski definition) is 5. The van der Waals surface area contributed by atoms with E-state index >= 15 is 0 Å². The third-order valence-corrected chi connectivity index (χ3v) is 6.88. The second kappa shape index (κ2) is 6.54. The SMILES string of the molecule is Cc1nc2cc(-c3nccn3C)nn2c(N2CC3CC(C2)c2cccc(=O)n2C3)c1C. The summed E-state index contributed by atoms with van der Waals surface area (Å²) in [6.07, 6.45) is 4.84. The number of hydrogen-bond donors (Lipinski definition) is 0. The normalized spacial score (nSPS) is 20.3. The highest BCUT2D eigenvalue weighted by molar-refractivity contribution is 5.64. The number of anilines is 1. The molecule has 0 aliphatic carbocycles. The molecule has 4 aromatic rings. The Morgan fingerprint density at radius 2 is 2.00 bits per heavy atom. The van der Waals surface area contributed by atoms with Gasteiger partial charge in [-0.15, -0.1) is 0 Å². The van der Waals surface area contributed by atoms with Crippen LogP contribution in [0.3, 0.4) is 0 Å². The highest BCUT2D eigenvalue weighted by Gasteiger charge is 2.36. The minimum Gasteiger partial charge on any atom is -0.355 e. The summed E-state index contributed by atoms with van der Waals surface area (Å²) in [5.74, 6) is 2.72. The van der Waals surface area contributed by atoms with Gasteiger partial charge >= 0.3 is 0 Å². The summed E-state index contributed by atoms with van der Waals surface area (Å²) in [5, 5.41) is 4.92. The fraction of sp³-hybridized carbons (Fsp3) is 0.391. The zero-order chi connectivity index (χ0) is 21.3. The van der Waals surface area contributed by atoms with Crippen LogP contribution >= 0.6 is 0 Å². The average molecular weight is 416 g/mol. The molecule has 0 amide bonds. The minimum atomic E-state index is 0.116. The first kappa shape index (κ1) is 18.4. The molecule has 0 spiro atoms. The molecule has 0 saturated carbocycles. The van der Waals surface area contributed by atoms with Crippen molar-refractivity contribution < 1.29 is 0 Å². The average Bonchev–Trinajstić information content (AvgIpc) is 3.35. The van der Waals surface area contributed by atoms with Gasteiger partial charge in [0.2, 0.25) is 0 Å². The lowest BCUT2D eigenvalue weighted by atomic mass is 9.83. The Balaban J connectivity index is 1.47. The van der Waals surface area contributed by atoms with Crippen LogP contribution in [0.5, 0.6) is 0 Å². The van der Waals surface area contributed by atoms with Crippen molar-refractivity contribution in [3.63, 3.8) is 0 Å². The Hall–Kier alpha value is -3.42. The summed E-state index contributed by atoms with van der Waals surface area (Å²) in [4.78, 5) is 24.1. The Morgan fingerprint density at radius 1 is 1.13 bits per heavy atom. The highest BCUT2D eigenvalue weighted by atomic mass is 16.1. The van der Waals surface area contributed by atoms with Crippen molar-refractivity contribution in [3.05, 3.63) is 64.0 Å². The van der Waals surface area contributed by atoms with Crippen molar-refractivity contribution in [2.75, 3.05) is 18.0 Å². The molecule has 0 N–H and O–H groups in total. The molecule has 0 aromatic carbocycles. The summed E-state index contributed by atoms with van der Waals surface area (Å²) in [6.45, 7) is 6.76. The first-order valence-electron chi connectivity index (χ1n) is 10.8. The number of imidazole rings is 1. The number of piperidine rings is 1. The molecule has 2 unspecified atom stereocenters. The third-order valence-electron chi connectivity index (χ3n) is 6.88. The predicted molar refractivity (Wildman–Crippen MR) is 118 cm³/mol. The van der Waals surface area contributed by atoms with E-state index in [1.54, 1.807) is 12.3 Å². The lowest BCUT2D eigenvalue weighted by molar-refractivity contribution is 0.280. The molecule has 2 atom stereocenters. The molecular formula is C23H25N7O. The Labute approximate surface area is 179 Å². The van der Waals surface area contributed by atoms with Gasteiger partial charge in [0, 0.05) is 74.1 Å². The van der Waals surface area contributed by atoms with E-state index in [1.165, 1.54) is 0 Å². The van der Waals surface area contributed by atoms with Crippen LogP contribution in [0.1, 0.15) is 29.3 Å². The molecule has 8 heteroatoms. The molecule has 2 aliphatic heterocycles. The summed E-state index contributed by atoms with van der Waals surface area (Å²) in [5.41, 5.74) is 5.09. The first-order chi connectivity index (χ1) is 15.0. The molecule has 31 heavy (non-hydrogen) atoms. The van der Waals surface area contributed by atoms with Crippen LogP contribution in [0.25, 0.3) is 17.2 Å². The van der Waals surface area contributed by atoms with Gasteiger partial charge in [0.05, 0.1) is 0 Å². The van der Waals surface area contributed by atoms with Crippen LogP contribution in [0.4, 0.5) is 5.82 Å². The molecule has 8 nitrogen and oxygen atoms in total. The monoisotopic (exact) mass is 415 g/mol. The fourth-order valence-corrected chi connectivity index (χ4v) is 5.35. The van der Waals surface area contributed by atoms with E-state index in [4.69, 9.17) is 10.1 Å². The second-order valence-electron chi connectivity index (χ2n) is 8.91. The smallest absolute Gasteiger partial charge is 0.250 e. The van der Waals surface area contributed by atoms with Crippen molar-refractivity contribution in [1.29, 1.82) is 0 Å². The molecule has 158 valence electrons. The van der Waals surface area contributed by atoms with Gasteiger partial charge in [-0.2, -0.15) is 9.61 Å². The van der Waals surface area contributed by atoms with E-state index in [0.29, 0.717) is 11.8 Å². The van der Waals surface area contributed by atoms with E-state index in [0.717, 1.165) is 66.0 Å². The van der Waals surface area contributed by atoms with E-state index in [2.05, 4.69) is 29.8 Å². The first-order valence-corrected chi connectivity index (χ1v) is 10.8. The zero-order valence-electron chi connectivity index (χ0n) is 18.0. The lowest BCUT2D eigenvalue weighted by Gasteiger charge is -2.44. The minimum absolute atomic E-state index is 0.116. The van der Waals surface area contributed by atoms with Crippen LogP contribution in [0.15, 0.2) is 41.5 Å². The lowest BCUT2D eigenvalue weighted by Crippen LogP contribution is -2.48. The van der Waals surface area contributed by atoms with E-state index in [9.17, 15) is 4.79 Å². The summed E-state index contributed by atoms with van der Waals surface area (Å²) in [7, 11) is 1.97. The maximum Gasteiger partial charge on any atom is 0.250 e. The van der Waals surface area contributed by atoms with Gasteiger partial charge in [0.25, 0.3) is 5.56 Å². The Morgan fingerprint density at radius 3 is 2.81 bits per heavy atom. The van der Waals surface area contributed by atoms with E-state index in [-0.39, 0.29) is 5.56 Å². The molecule has 1 saturated heterocycles. The molecular weight excluding hydrogens is 390 g/mol. The van der Waals surface area contributed by atoms with Crippen LogP contribution < -0.4 is 10.5 Å². The quantitative estimate of drug-likeness (QED) is 0.503. The second-order valence-corrected chi connectivity index (χ2v) is 8.91. The third kappa shape index (κ3) is 2.74.